The molecule has 1 aromatic heterocycles. The van der Waals surface area contributed by atoms with Gasteiger partial charge in [0.05, 0.1) is 27.2 Å². The molecule has 0 bridgehead atoms. The fourth-order valence-corrected chi connectivity index (χ4v) is 3.93. The van der Waals surface area contributed by atoms with Crippen LogP contribution in [0.4, 0.5) is 0 Å². The number of aliphatic carboxylic acids is 1. The van der Waals surface area contributed by atoms with Crippen LogP contribution in [0.3, 0.4) is 0 Å². The lowest BCUT2D eigenvalue weighted by Gasteiger charge is -2.37. The van der Waals surface area contributed by atoms with Crippen LogP contribution in [-0.2, 0) is 11.2 Å². The largest absolute Gasteiger partial charge is 0.493 e. The van der Waals surface area contributed by atoms with Crippen LogP contribution >= 0.6 is 0 Å². The van der Waals surface area contributed by atoms with Gasteiger partial charge >= 0.3 is 5.97 Å². The molecule has 3 rings (SSSR count). The molecule has 0 aliphatic carbocycles. The number of hydrogen-bond acceptors (Lipinski definition) is 6. The Morgan fingerprint density at radius 3 is 2.28 bits per heavy atom. The van der Waals surface area contributed by atoms with E-state index in [0.29, 0.717) is 49.6 Å². The molecule has 0 spiro atoms. The van der Waals surface area contributed by atoms with Crippen molar-refractivity contribution in [3.8, 4) is 17.2 Å². The summed E-state index contributed by atoms with van der Waals surface area (Å²) in [6.45, 7) is 1.43. The molecule has 7 heteroatoms. The third-order valence-corrected chi connectivity index (χ3v) is 5.52. The molecular formula is C22H28N2O5. The number of likely N-dealkylation sites (tertiary alicyclic amines) is 1. The van der Waals surface area contributed by atoms with Crippen molar-refractivity contribution in [3.05, 3.63) is 47.8 Å². The number of nitrogens with zero attached hydrogens (tertiary/aromatic N) is 2. The zero-order chi connectivity index (χ0) is 20.8. The summed E-state index contributed by atoms with van der Waals surface area (Å²) in [5.74, 6) is 0.780. The van der Waals surface area contributed by atoms with Gasteiger partial charge in [0.15, 0.2) is 11.5 Å². The number of rotatable bonds is 8. The Balaban J connectivity index is 1.96. The molecule has 1 aliphatic heterocycles. The summed E-state index contributed by atoms with van der Waals surface area (Å²) in [6.07, 6.45) is 3.77. The second kappa shape index (κ2) is 9.60. The summed E-state index contributed by atoms with van der Waals surface area (Å²) in [5, 5.41) is 9.33. The van der Waals surface area contributed by atoms with E-state index in [9.17, 15) is 9.90 Å². The molecule has 1 aliphatic rings. The zero-order valence-electron chi connectivity index (χ0n) is 17.1. The molecule has 0 radical (unpaired) electrons. The number of ether oxygens (including phenoxy) is 3. The number of pyridine rings is 1. The summed E-state index contributed by atoms with van der Waals surface area (Å²) in [7, 11) is 4.79. The minimum atomic E-state index is -0.710. The van der Waals surface area contributed by atoms with E-state index < -0.39 is 5.97 Å². The highest BCUT2D eigenvalue weighted by Crippen LogP contribution is 2.41. The van der Waals surface area contributed by atoms with Crippen LogP contribution in [-0.4, -0.2) is 55.4 Å². The van der Waals surface area contributed by atoms with Gasteiger partial charge in [0, 0.05) is 24.4 Å². The van der Waals surface area contributed by atoms with E-state index in [1.165, 1.54) is 0 Å². The smallest absolute Gasteiger partial charge is 0.306 e. The van der Waals surface area contributed by atoms with Crippen molar-refractivity contribution in [2.45, 2.75) is 25.3 Å². The molecule has 1 fully saturated rings. The van der Waals surface area contributed by atoms with Crippen LogP contribution in [0.25, 0.3) is 0 Å². The standard InChI is InChI=1S/C22H28N2O5/c1-27-19-12-16(13-20(28-2)21(19)29-3)18(14-17-6-4-5-9-23-17)24-10-7-15(8-11-24)22(25)26/h4-6,9,12-13,15,18H,7-8,10-11,14H2,1-3H3,(H,25,26). The van der Waals surface area contributed by atoms with Crippen molar-refractivity contribution in [2.75, 3.05) is 34.4 Å². The summed E-state index contributed by atoms with van der Waals surface area (Å²) in [4.78, 5) is 18.2. The van der Waals surface area contributed by atoms with E-state index >= 15 is 0 Å². The van der Waals surface area contributed by atoms with Gasteiger partial charge in [-0.05, 0) is 55.8 Å². The number of hydrogen-bond donors (Lipinski definition) is 1. The summed E-state index contributed by atoms with van der Waals surface area (Å²) < 4.78 is 16.5. The van der Waals surface area contributed by atoms with Gasteiger partial charge in [-0.2, -0.15) is 0 Å². The van der Waals surface area contributed by atoms with Crippen molar-refractivity contribution >= 4 is 5.97 Å². The topological polar surface area (TPSA) is 81.1 Å². The predicted octanol–water partition coefficient (Wildman–Crippen LogP) is 3.19. The van der Waals surface area contributed by atoms with Crippen LogP contribution in [0.5, 0.6) is 17.2 Å². The van der Waals surface area contributed by atoms with E-state index in [2.05, 4.69) is 9.88 Å². The first-order valence-corrected chi connectivity index (χ1v) is 9.74. The molecule has 7 nitrogen and oxygen atoms in total. The van der Waals surface area contributed by atoms with Gasteiger partial charge in [0.1, 0.15) is 0 Å². The van der Waals surface area contributed by atoms with Gasteiger partial charge in [-0.1, -0.05) is 6.07 Å². The van der Waals surface area contributed by atoms with Crippen molar-refractivity contribution in [3.63, 3.8) is 0 Å². The van der Waals surface area contributed by atoms with E-state index in [4.69, 9.17) is 14.2 Å². The van der Waals surface area contributed by atoms with Crippen LogP contribution in [0.1, 0.15) is 30.1 Å². The first-order valence-electron chi connectivity index (χ1n) is 9.74. The van der Waals surface area contributed by atoms with E-state index in [1.54, 1.807) is 27.5 Å². The average molecular weight is 400 g/mol. The summed E-state index contributed by atoms with van der Waals surface area (Å²) >= 11 is 0. The molecule has 2 aromatic rings. The van der Waals surface area contributed by atoms with Crippen LogP contribution in [0, 0.1) is 5.92 Å². The third kappa shape index (κ3) is 4.79. The maximum absolute atomic E-state index is 11.4. The fraction of sp³-hybridized carbons (Fsp3) is 0.455. The zero-order valence-corrected chi connectivity index (χ0v) is 17.1. The Morgan fingerprint density at radius 1 is 1.14 bits per heavy atom. The van der Waals surface area contributed by atoms with Gasteiger partial charge in [-0.15, -0.1) is 0 Å². The number of aromatic nitrogens is 1. The van der Waals surface area contributed by atoms with Gasteiger partial charge in [-0.3, -0.25) is 14.7 Å². The second-order valence-corrected chi connectivity index (χ2v) is 7.15. The number of methoxy groups -OCH3 is 3. The maximum atomic E-state index is 11.4. The lowest BCUT2D eigenvalue weighted by Crippen LogP contribution is -2.39. The minimum Gasteiger partial charge on any atom is -0.493 e. The quantitative estimate of drug-likeness (QED) is 0.729. The molecule has 1 aromatic carbocycles. The first kappa shape index (κ1) is 20.9. The van der Waals surface area contributed by atoms with Gasteiger partial charge < -0.3 is 19.3 Å². The van der Waals surface area contributed by atoms with Crippen LogP contribution in [0.2, 0.25) is 0 Å². The number of carbonyl (C=O) groups is 1. The van der Waals surface area contributed by atoms with Crippen LogP contribution in [0.15, 0.2) is 36.5 Å². The lowest BCUT2D eigenvalue weighted by molar-refractivity contribution is -0.143. The molecule has 0 saturated carbocycles. The van der Waals surface area contributed by atoms with Crippen molar-refractivity contribution in [1.82, 2.24) is 9.88 Å². The Kier molecular flexibility index (Phi) is 6.93. The number of carboxylic acid groups (broad SMARTS) is 1. The molecule has 156 valence electrons. The summed E-state index contributed by atoms with van der Waals surface area (Å²) in [6, 6.07) is 9.85. The Morgan fingerprint density at radius 2 is 1.79 bits per heavy atom. The molecule has 1 atom stereocenters. The first-order chi connectivity index (χ1) is 14.1. The normalized spacial score (nSPS) is 16.2. The molecule has 1 unspecified atom stereocenters. The molecule has 1 saturated heterocycles. The van der Waals surface area contributed by atoms with E-state index in [1.807, 2.05) is 30.3 Å². The number of benzene rings is 1. The molecule has 2 heterocycles. The Hall–Kier alpha value is -2.80. The lowest BCUT2D eigenvalue weighted by atomic mass is 9.92. The number of carboxylic acids is 1. The predicted molar refractivity (Wildman–Crippen MR) is 109 cm³/mol. The highest BCUT2D eigenvalue weighted by atomic mass is 16.5. The SMILES string of the molecule is COc1cc(C(Cc2ccccn2)N2CCC(C(=O)O)CC2)cc(OC)c1OC. The van der Waals surface area contributed by atoms with E-state index in [0.717, 1.165) is 11.3 Å². The van der Waals surface area contributed by atoms with Crippen LogP contribution < -0.4 is 14.2 Å². The second-order valence-electron chi connectivity index (χ2n) is 7.15. The van der Waals surface area contributed by atoms with Crippen molar-refractivity contribution in [2.24, 2.45) is 5.92 Å². The van der Waals surface area contributed by atoms with Gasteiger partial charge in [0.25, 0.3) is 0 Å². The van der Waals surface area contributed by atoms with Gasteiger partial charge in [-0.25, -0.2) is 0 Å². The fourth-order valence-electron chi connectivity index (χ4n) is 3.93. The monoisotopic (exact) mass is 400 g/mol. The Labute approximate surface area is 171 Å². The minimum absolute atomic E-state index is 0.0216. The molecule has 29 heavy (non-hydrogen) atoms. The van der Waals surface area contributed by atoms with Crippen molar-refractivity contribution in [1.29, 1.82) is 0 Å². The molecule has 0 amide bonds. The maximum Gasteiger partial charge on any atom is 0.306 e. The molecular weight excluding hydrogens is 372 g/mol. The highest BCUT2D eigenvalue weighted by Gasteiger charge is 2.30. The van der Waals surface area contributed by atoms with Crippen molar-refractivity contribution < 1.29 is 24.1 Å². The average Bonchev–Trinajstić information content (AvgIpc) is 2.77. The van der Waals surface area contributed by atoms with Gasteiger partial charge in [0.2, 0.25) is 5.75 Å². The third-order valence-electron chi connectivity index (χ3n) is 5.52. The highest BCUT2D eigenvalue weighted by molar-refractivity contribution is 5.70. The number of piperidine rings is 1. The van der Waals surface area contributed by atoms with E-state index in [-0.39, 0.29) is 12.0 Å². The Bertz CT molecular complexity index is 794. The molecule has 1 N–H and O–H groups in total. The summed E-state index contributed by atoms with van der Waals surface area (Å²) in [5.41, 5.74) is 2.01.